The first-order chi connectivity index (χ1) is 5.45. The van der Waals surface area contributed by atoms with Crippen LogP contribution in [0.25, 0.3) is 0 Å². The second-order valence-corrected chi connectivity index (χ2v) is 4.78. The van der Waals surface area contributed by atoms with E-state index >= 15 is 0 Å². The van der Waals surface area contributed by atoms with Crippen LogP contribution in [0.4, 0.5) is 0 Å². The standard InChI is InChI=1S/C10H21NS/c1-10(2,3)9-11(4)7-5-6-8-12/h5-6,12H,7-9H2,1-4H3. The van der Waals surface area contributed by atoms with Crippen molar-refractivity contribution in [1.29, 1.82) is 0 Å². The molecule has 0 fully saturated rings. The van der Waals surface area contributed by atoms with Gasteiger partial charge < -0.3 is 4.90 Å². The third-order valence-electron chi connectivity index (χ3n) is 1.43. The van der Waals surface area contributed by atoms with Crippen molar-refractivity contribution in [2.24, 2.45) is 5.41 Å². The summed E-state index contributed by atoms with van der Waals surface area (Å²) in [6, 6.07) is 0. The Morgan fingerprint density at radius 2 is 1.83 bits per heavy atom. The van der Waals surface area contributed by atoms with E-state index in [-0.39, 0.29) is 0 Å². The fourth-order valence-electron chi connectivity index (χ4n) is 1.20. The van der Waals surface area contributed by atoms with Crippen molar-refractivity contribution in [1.82, 2.24) is 4.90 Å². The molecule has 0 aliphatic heterocycles. The molecule has 0 unspecified atom stereocenters. The lowest BCUT2D eigenvalue weighted by Gasteiger charge is -2.25. The molecule has 0 saturated heterocycles. The van der Waals surface area contributed by atoms with Gasteiger partial charge in [0, 0.05) is 18.8 Å². The Bertz CT molecular complexity index is 135. The van der Waals surface area contributed by atoms with E-state index in [4.69, 9.17) is 0 Å². The van der Waals surface area contributed by atoms with Crippen molar-refractivity contribution in [3.63, 3.8) is 0 Å². The van der Waals surface area contributed by atoms with Gasteiger partial charge in [0.05, 0.1) is 0 Å². The molecule has 0 atom stereocenters. The second-order valence-electron chi connectivity index (χ2n) is 4.41. The lowest BCUT2D eigenvalue weighted by molar-refractivity contribution is 0.244. The largest absolute Gasteiger partial charge is 0.302 e. The molecule has 0 aliphatic carbocycles. The molecule has 0 radical (unpaired) electrons. The number of hydrogen-bond acceptors (Lipinski definition) is 2. The van der Waals surface area contributed by atoms with Gasteiger partial charge in [0.25, 0.3) is 0 Å². The summed E-state index contributed by atoms with van der Waals surface area (Å²) >= 11 is 4.10. The van der Waals surface area contributed by atoms with Gasteiger partial charge in [0.15, 0.2) is 0 Å². The van der Waals surface area contributed by atoms with Gasteiger partial charge in [-0.15, -0.1) is 0 Å². The minimum atomic E-state index is 0.392. The Labute approximate surface area is 82.2 Å². The summed E-state index contributed by atoms with van der Waals surface area (Å²) in [6.45, 7) is 8.92. The van der Waals surface area contributed by atoms with Crippen molar-refractivity contribution in [3.05, 3.63) is 12.2 Å². The molecule has 0 rings (SSSR count). The zero-order valence-corrected chi connectivity index (χ0v) is 9.56. The van der Waals surface area contributed by atoms with E-state index in [1.165, 1.54) is 0 Å². The van der Waals surface area contributed by atoms with Gasteiger partial charge in [0.1, 0.15) is 0 Å². The molecule has 0 aromatic heterocycles. The van der Waals surface area contributed by atoms with Crippen LogP contribution in [-0.2, 0) is 0 Å². The van der Waals surface area contributed by atoms with Crippen molar-refractivity contribution in [2.45, 2.75) is 20.8 Å². The summed E-state index contributed by atoms with van der Waals surface area (Å²) in [6.07, 6.45) is 4.25. The normalized spacial score (nSPS) is 13.2. The Balaban J connectivity index is 3.60. The van der Waals surface area contributed by atoms with Crippen molar-refractivity contribution >= 4 is 12.6 Å². The fourth-order valence-corrected chi connectivity index (χ4v) is 1.35. The maximum Gasteiger partial charge on any atom is 0.0160 e. The predicted octanol–water partition coefficient (Wildman–Crippen LogP) is 2.45. The molecule has 0 aromatic carbocycles. The van der Waals surface area contributed by atoms with Gasteiger partial charge >= 0.3 is 0 Å². The van der Waals surface area contributed by atoms with E-state index in [9.17, 15) is 0 Å². The highest BCUT2D eigenvalue weighted by molar-refractivity contribution is 7.80. The minimum Gasteiger partial charge on any atom is -0.302 e. The molecule has 1 nitrogen and oxygen atoms in total. The topological polar surface area (TPSA) is 3.24 Å². The molecule has 0 N–H and O–H groups in total. The van der Waals surface area contributed by atoms with Crippen LogP contribution in [0.3, 0.4) is 0 Å². The van der Waals surface area contributed by atoms with E-state index in [1.807, 2.05) is 0 Å². The molecule has 0 bridgehead atoms. The van der Waals surface area contributed by atoms with E-state index < -0.39 is 0 Å². The number of rotatable bonds is 4. The van der Waals surface area contributed by atoms with Crippen LogP contribution < -0.4 is 0 Å². The van der Waals surface area contributed by atoms with Gasteiger partial charge in [-0.3, -0.25) is 0 Å². The molecule has 0 amide bonds. The van der Waals surface area contributed by atoms with Crippen LogP contribution in [-0.4, -0.2) is 30.8 Å². The highest BCUT2D eigenvalue weighted by Crippen LogP contribution is 2.13. The maximum atomic E-state index is 4.10. The summed E-state index contributed by atoms with van der Waals surface area (Å²) < 4.78 is 0. The quantitative estimate of drug-likeness (QED) is 0.522. The SMILES string of the molecule is CN(CC=CCS)CC(C)(C)C. The fraction of sp³-hybridized carbons (Fsp3) is 0.800. The van der Waals surface area contributed by atoms with E-state index in [2.05, 4.69) is 57.5 Å². The number of hydrogen-bond donors (Lipinski definition) is 1. The summed E-state index contributed by atoms with van der Waals surface area (Å²) in [4.78, 5) is 2.32. The monoisotopic (exact) mass is 187 g/mol. The molecule has 0 aliphatic rings. The Morgan fingerprint density at radius 3 is 2.25 bits per heavy atom. The second kappa shape index (κ2) is 5.65. The molecule has 0 aromatic rings. The van der Waals surface area contributed by atoms with Crippen LogP contribution in [0.5, 0.6) is 0 Å². The summed E-state index contributed by atoms with van der Waals surface area (Å²) in [7, 11) is 2.15. The Kier molecular flexibility index (Phi) is 5.68. The average molecular weight is 187 g/mol. The van der Waals surface area contributed by atoms with Gasteiger partial charge in [0.2, 0.25) is 0 Å². The van der Waals surface area contributed by atoms with Crippen LogP contribution in [0.2, 0.25) is 0 Å². The molecule has 2 heteroatoms. The average Bonchev–Trinajstić information content (AvgIpc) is 1.84. The van der Waals surface area contributed by atoms with Crippen LogP contribution >= 0.6 is 12.6 Å². The predicted molar refractivity (Wildman–Crippen MR) is 59.9 cm³/mol. The van der Waals surface area contributed by atoms with E-state index in [1.54, 1.807) is 0 Å². The van der Waals surface area contributed by atoms with Gasteiger partial charge in [-0.25, -0.2) is 0 Å². The van der Waals surface area contributed by atoms with Crippen molar-refractivity contribution < 1.29 is 0 Å². The van der Waals surface area contributed by atoms with Crippen LogP contribution in [0.15, 0.2) is 12.2 Å². The summed E-state index contributed by atoms with van der Waals surface area (Å²) in [5.74, 6) is 0.837. The molecular weight excluding hydrogens is 166 g/mol. The molecule has 0 saturated carbocycles. The summed E-state index contributed by atoms with van der Waals surface area (Å²) in [5, 5.41) is 0. The third-order valence-corrected chi connectivity index (χ3v) is 1.64. The first kappa shape index (κ1) is 12.0. The molecule has 72 valence electrons. The summed E-state index contributed by atoms with van der Waals surface area (Å²) in [5.41, 5.74) is 0.392. The van der Waals surface area contributed by atoms with Crippen LogP contribution in [0.1, 0.15) is 20.8 Å². The molecular formula is C10H21NS. The lowest BCUT2D eigenvalue weighted by Crippen LogP contribution is -2.29. The zero-order valence-electron chi connectivity index (χ0n) is 8.67. The van der Waals surface area contributed by atoms with Gasteiger partial charge in [-0.1, -0.05) is 32.9 Å². The smallest absolute Gasteiger partial charge is 0.0160 e. The first-order valence-electron chi connectivity index (χ1n) is 4.40. The molecule has 0 spiro atoms. The third kappa shape index (κ3) is 8.15. The molecule has 12 heavy (non-hydrogen) atoms. The lowest BCUT2D eigenvalue weighted by atomic mass is 9.96. The Morgan fingerprint density at radius 1 is 1.25 bits per heavy atom. The van der Waals surface area contributed by atoms with Crippen LogP contribution in [0, 0.1) is 5.41 Å². The molecule has 0 heterocycles. The zero-order chi connectivity index (χ0) is 9.61. The highest BCUT2D eigenvalue weighted by atomic mass is 32.1. The minimum absolute atomic E-state index is 0.392. The van der Waals surface area contributed by atoms with Crippen molar-refractivity contribution in [2.75, 3.05) is 25.9 Å². The first-order valence-corrected chi connectivity index (χ1v) is 5.03. The van der Waals surface area contributed by atoms with Gasteiger partial charge in [-0.05, 0) is 12.5 Å². The van der Waals surface area contributed by atoms with E-state index in [0.29, 0.717) is 5.41 Å². The van der Waals surface area contributed by atoms with E-state index in [0.717, 1.165) is 18.8 Å². The number of nitrogens with zero attached hydrogens (tertiary/aromatic N) is 1. The number of thiol groups is 1. The van der Waals surface area contributed by atoms with Gasteiger partial charge in [-0.2, -0.15) is 12.6 Å². The van der Waals surface area contributed by atoms with Crippen molar-refractivity contribution in [3.8, 4) is 0 Å². The number of likely N-dealkylation sites (N-methyl/N-ethyl adjacent to an activating group) is 1. The Hall–Kier alpha value is 0.0500. The maximum absolute atomic E-state index is 4.10. The highest BCUT2D eigenvalue weighted by Gasteiger charge is 2.11.